The van der Waals surface area contributed by atoms with Crippen molar-refractivity contribution in [3.63, 3.8) is 0 Å². The first-order valence-electron chi connectivity index (χ1n) is 5.34. The van der Waals surface area contributed by atoms with Crippen LogP contribution in [0.2, 0.25) is 0 Å². The van der Waals surface area contributed by atoms with Crippen LogP contribution in [0.4, 0.5) is 15.8 Å². The predicted molar refractivity (Wildman–Crippen MR) is 66.7 cm³/mol. The molecule has 2 rings (SSSR count). The average molecular weight is 248 g/mol. The second kappa shape index (κ2) is 4.48. The van der Waals surface area contributed by atoms with Crippen LogP contribution < -0.4 is 11.1 Å². The van der Waals surface area contributed by atoms with Crippen LogP contribution in [-0.2, 0) is 7.05 Å². The molecule has 0 aliphatic rings. The third kappa shape index (κ3) is 2.17. The summed E-state index contributed by atoms with van der Waals surface area (Å²) in [5, 5.41) is 6.40. The van der Waals surface area contributed by atoms with Gasteiger partial charge in [0.1, 0.15) is 5.82 Å². The molecular formula is C12H13FN4O. The minimum absolute atomic E-state index is 0.0835. The monoisotopic (exact) mass is 248 g/mol. The second-order valence-electron chi connectivity index (χ2n) is 3.99. The van der Waals surface area contributed by atoms with E-state index in [-0.39, 0.29) is 17.1 Å². The summed E-state index contributed by atoms with van der Waals surface area (Å²) in [5.74, 6) is -1.01. The van der Waals surface area contributed by atoms with Crippen LogP contribution in [0.3, 0.4) is 0 Å². The number of rotatable bonds is 2. The van der Waals surface area contributed by atoms with Gasteiger partial charge in [-0.05, 0) is 18.6 Å². The first-order valence-corrected chi connectivity index (χ1v) is 5.34. The topological polar surface area (TPSA) is 72.9 Å². The Morgan fingerprint density at radius 1 is 1.50 bits per heavy atom. The number of hydrogen-bond acceptors (Lipinski definition) is 3. The van der Waals surface area contributed by atoms with Crippen molar-refractivity contribution in [2.45, 2.75) is 6.92 Å². The molecular weight excluding hydrogens is 235 g/mol. The Hall–Kier alpha value is -2.37. The minimum atomic E-state index is -0.527. The lowest BCUT2D eigenvalue weighted by Crippen LogP contribution is -2.16. The van der Waals surface area contributed by atoms with Crippen LogP contribution in [0.5, 0.6) is 0 Å². The fourth-order valence-corrected chi connectivity index (χ4v) is 1.65. The van der Waals surface area contributed by atoms with Crippen LogP contribution >= 0.6 is 0 Å². The summed E-state index contributed by atoms with van der Waals surface area (Å²) >= 11 is 0. The van der Waals surface area contributed by atoms with Crippen LogP contribution in [0.1, 0.15) is 16.1 Å². The summed E-state index contributed by atoms with van der Waals surface area (Å²) in [7, 11) is 1.65. The van der Waals surface area contributed by atoms with Crippen LogP contribution in [0.25, 0.3) is 0 Å². The van der Waals surface area contributed by atoms with E-state index < -0.39 is 11.7 Å². The molecule has 0 atom stereocenters. The zero-order valence-corrected chi connectivity index (χ0v) is 10.1. The number of carbonyl (C=O) groups is 1. The van der Waals surface area contributed by atoms with E-state index in [1.807, 2.05) is 0 Å². The van der Waals surface area contributed by atoms with Gasteiger partial charge in [0.05, 0.1) is 11.4 Å². The zero-order chi connectivity index (χ0) is 13.3. The molecule has 0 aliphatic heterocycles. The highest BCUT2D eigenvalue weighted by atomic mass is 19.1. The Morgan fingerprint density at radius 3 is 2.78 bits per heavy atom. The molecule has 0 aliphatic carbocycles. The molecule has 0 bridgehead atoms. The van der Waals surface area contributed by atoms with Gasteiger partial charge in [-0.25, -0.2) is 4.39 Å². The number of benzene rings is 1. The van der Waals surface area contributed by atoms with E-state index in [2.05, 4.69) is 10.4 Å². The maximum Gasteiger partial charge on any atom is 0.278 e. The first kappa shape index (κ1) is 12.1. The maximum absolute atomic E-state index is 13.6. The van der Waals surface area contributed by atoms with Gasteiger partial charge in [0.2, 0.25) is 0 Å². The largest absolute Gasteiger partial charge is 0.396 e. The Kier molecular flexibility index (Phi) is 3.01. The number of aryl methyl sites for hydroxylation is 2. The summed E-state index contributed by atoms with van der Waals surface area (Å²) in [6, 6.07) is 4.57. The highest BCUT2D eigenvalue weighted by molar-refractivity contribution is 6.06. The van der Waals surface area contributed by atoms with E-state index in [1.54, 1.807) is 26.1 Å². The van der Waals surface area contributed by atoms with E-state index in [0.717, 1.165) is 0 Å². The molecule has 0 saturated carbocycles. The number of para-hydroxylation sites is 1. The Balaban J connectivity index is 2.30. The molecule has 6 heteroatoms. The number of anilines is 2. The van der Waals surface area contributed by atoms with Crippen molar-refractivity contribution < 1.29 is 9.18 Å². The van der Waals surface area contributed by atoms with Crippen molar-refractivity contribution in [2.75, 3.05) is 11.1 Å². The average Bonchev–Trinajstić information content (AvgIpc) is 2.63. The van der Waals surface area contributed by atoms with Gasteiger partial charge < -0.3 is 11.1 Å². The molecule has 2 aromatic rings. The van der Waals surface area contributed by atoms with Crippen molar-refractivity contribution in [3.8, 4) is 0 Å². The first-order chi connectivity index (χ1) is 8.49. The highest BCUT2D eigenvalue weighted by Crippen LogP contribution is 2.20. The molecule has 0 unspecified atom stereocenters. The van der Waals surface area contributed by atoms with E-state index in [1.165, 1.54) is 16.9 Å². The summed E-state index contributed by atoms with van der Waals surface area (Å²) in [6.07, 6.45) is 1.52. The smallest absolute Gasteiger partial charge is 0.278 e. The summed E-state index contributed by atoms with van der Waals surface area (Å²) < 4.78 is 15.0. The normalized spacial score (nSPS) is 10.4. The quantitative estimate of drug-likeness (QED) is 0.849. The fourth-order valence-electron chi connectivity index (χ4n) is 1.65. The zero-order valence-electron chi connectivity index (χ0n) is 10.1. The number of nitrogens with two attached hydrogens (primary N) is 1. The lowest BCUT2D eigenvalue weighted by molar-refractivity contribution is 0.102. The molecule has 1 heterocycles. The second-order valence-corrected chi connectivity index (χ2v) is 3.99. The minimum Gasteiger partial charge on any atom is -0.396 e. The number of halogens is 1. The van der Waals surface area contributed by atoms with Crippen molar-refractivity contribution in [1.82, 2.24) is 9.78 Å². The van der Waals surface area contributed by atoms with Crippen molar-refractivity contribution in [1.29, 1.82) is 0 Å². The van der Waals surface area contributed by atoms with E-state index in [4.69, 9.17) is 5.73 Å². The molecule has 18 heavy (non-hydrogen) atoms. The molecule has 94 valence electrons. The SMILES string of the molecule is Cc1cccc(F)c1NC(=O)c1nn(C)cc1N. The number of nitrogen functional groups attached to an aromatic ring is 1. The Morgan fingerprint density at radius 2 is 2.22 bits per heavy atom. The third-order valence-electron chi connectivity index (χ3n) is 2.53. The van der Waals surface area contributed by atoms with E-state index in [0.29, 0.717) is 5.56 Å². The standard InChI is InChI=1S/C12H13FN4O/c1-7-4-3-5-8(13)10(7)15-12(18)11-9(14)6-17(2)16-11/h3-6H,14H2,1-2H3,(H,15,18). The molecule has 1 amide bonds. The van der Waals surface area contributed by atoms with Crippen LogP contribution in [-0.4, -0.2) is 15.7 Å². The van der Waals surface area contributed by atoms with E-state index in [9.17, 15) is 9.18 Å². The van der Waals surface area contributed by atoms with Gasteiger partial charge in [-0.2, -0.15) is 5.10 Å². The number of hydrogen-bond donors (Lipinski definition) is 2. The molecule has 1 aromatic heterocycles. The number of carbonyl (C=O) groups excluding carboxylic acids is 1. The molecule has 0 spiro atoms. The highest BCUT2D eigenvalue weighted by Gasteiger charge is 2.16. The van der Waals surface area contributed by atoms with Gasteiger partial charge in [-0.1, -0.05) is 12.1 Å². The van der Waals surface area contributed by atoms with Gasteiger partial charge in [-0.3, -0.25) is 9.48 Å². The van der Waals surface area contributed by atoms with E-state index >= 15 is 0 Å². The number of nitrogens with one attached hydrogen (secondary N) is 1. The van der Waals surface area contributed by atoms with Gasteiger partial charge in [0, 0.05) is 13.2 Å². The molecule has 0 radical (unpaired) electrons. The van der Waals surface area contributed by atoms with Crippen LogP contribution in [0.15, 0.2) is 24.4 Å². The fraction of sp³-hybridized carbons (Fsp3) is 0.167. The molecule has 1 aromatic carbocycles. The van der Waals surface area contributed by atoms with Crippen molar-refractivity contribution in [3.05, 3.63) is 41.5 Å². The Bertz CT molecular complexity index is 586. The molecule has 0 fully saturated rings. The molecule has 0 saturated heterocycles. The summed E-state index contributed by atoms with van der Waals surface area (Å²) in [4.78, 5) is 11.9. The third-order valence-corrected chi connectivity index (χ3v) is 2.53. The van der Waals surface area contributed by atoms with Gasteiger partial charge in [0.25, 0.3) is 5.91 Å². The maximum atomic E-state index is 13.6. The number of nitrogens with zero attached hydrogens (tertiary/aromatic N) is 2. The van der Waals surface area contributed by atoms with Crippen LogP contribution in [0, 0.1) is 12.7 Å². The number of amides is 1. The number of aromatic nitrogens is 2. The van der Waals surface area contributed by atoms with Gasteiger partial charge >= 0.3 is 0 Å². The summed E-state index contributed by atoms with van der Waals surface area (Å²) in [5.41, 5.74) is 6.75. The van der Waals surface area contributed by atoms with Gasteiger partial charge in [-0.15, -0.1) is 0 Å². The molecule has 5 nitrogen and oxygen atoms in total. The lowest BCUT2D eigenvalue weighted by Gasteiger charge is -2.08. The lowest BCUT2D eigenvalue weighted by atomic mass is 10.2. The predicted octanol–water partition coefficient (Wildman–Crippen LogP) is 1.70. The van der Waals surface area contributed by atoms with Crippen molar-refractivity contribution in [2.24, 2.45) is 7.05 Å². The summed E-state index contributed by atoms with van der Waals surface area (Å²) in [6.45, 7) is 1.71. The Labute approximate surface area is 103 Å². The van der Waals surface area contributed by atoms with Gasteiger partial charge in [0.15, 0.2) is 5.69 Å². The molecule has 3 N–H and O–H groups in total. The van der Waals surface area contributed by atoms with Crippen molar-refractivity contribution >= 4 is 17.3 Å².